The summed E-state index contributed by atoms with van der Waals surface area (Å²) in [5.74, 6) is -2.06. The average Bonchev–Trinajstić information content (AvgIpc) is 2.74. The van der Waals surface area contributed by atoms with Gasteiger partial charge in [0.25, 0.3) is 0 Å². The van der Waals surface area contributed by atoms with Gasteiger partial charge < -0.3 is 19.7 Å². The summed E-state index contributed by atoms with van der Waals surface area (Å²) < 4.78 is 25.3. The minimum absolute atomic E-state index is 0.0186. The molecule has 0 bridgehead atoms. The van der Waals surface area contributed by atoms with Crippen molar-refractivity contribution in [2.24, 2.45) is 0 Å². The lowest BCUT2D eigenvalue weighted by Crippen LogP contribution is -2.08. The highest BCUT2D eigenvalue weighted by molar-refractivity contribution is 5.98. The van der Waals surface area contributed by atoms with E-state index in [1.165, 1.54) is 25.1 Å². The number of phenols is 1. The van der Waals surface area contributed by atoms with E-state index in [9.17, 15) is 23.9 Å². The first-order chi connectivity index (χ1) is 15.2. The van der Waals surface area contributed by atoms with Crippen LogP contribution in [0.25, 0.3) is 0 Å². The van der Waals surface area contributed by atoms with Gasteiger partial charge >= 0.3 is 5.97 Å². The Balaban J connectivity index is 1.89. The second kappa shape index (κ2) is 11.8. The summed E-state index contributed by atoms with van der Waals surface area (Å²) in [4.78, 5) is 34.0. The van der Waals surface area contributed by atoms with Gasteiger partial charge in [0.1, 0.15) is 11.5 Å². The Kier molecular flexibility index (Phi) is 9.19. The molecule has 0 unspecified atom stereocenters. The first-order valence-corrected chi connectivity index (χ1v) is 10.4. The second-order valence-electron chi connectivity index (χ2n) is 7.26. The van der Waals surface area contributed by atoms with Crippen molar-refractivity contribution in [3.05, 3.63) is 52.8 Å². The minimum atomic E-state index is -1.09. The molecule has 0 atom stereocenters. The van der Waals surface area contributed by atoms with E-state index in [-0.39, 0.29) is 54.5 Å². The maximum atomic E-state index is 14.2. The Morgan fingerprint density at radius 2 is 1.66 bits per heavy atom. The number of aliphatic carboxylic acids is 1. The zero-order chi connectivity index (χ0) is 23.7. The molecule has 0 fully saturated rings. The lowest BCUT2D eigenvalue weighted by molar-refractivity contribution is -0.136. The molecule has 2 aromatic carbocycles. The van der Waals surface area contributed by atoms with E-state index in [4.69, 9.17) is 14.6 Å². The Labute approximate surface area is 185 Å². The molecule has 0 amide bonds. The molecule has 2 aromatic rings. The number of halogens is 1. The topological polar surface area (TPSA) is 110 Å². The van der Waals surface area contributed by atoms with Crippen molar-refractivity contribution in [1.82, 2.24) is 0 Å². The summed E-state index contributed by atoms with van der Waals surface area (Å²) in [7, 11) is 0. The number of rotatable bonds is 13. The number of carbonyl (C=O) groups is 3. The van der Waals surface area contributed by atoms with E-state index < -0.39 is 17.6 Å². The van der Waals surface area contributed by atoms with Gasteiger partial charge in [-0.3, -0.25) is 14.4 Å². The molecule has 8 heteroatoms. The molecule has 2 N–H and O–H groups in total. The molecular formula is C24H27FO7. The third kappa shape index (κ3) is 6.80. The number of hydrogen-bond donors (Lipinski definition) is 2. The number of phenolic OH excluding ortho intramolecular Hbond substituents is 1. The predicted octanol–water partition coefficient (Wildman–Crippen LogP) is 4.58. The Morgan fingerprint density at radius 1 is 1.00 bits per heavy atom. The van der Waals surface area contributed by atoms with Crippen molar-refractivity contribution < 1.29 is 38.5 Å². The minimum Gasteiger partial charge on any atom is -0.507 e. The fraction of sp³-hybridized carbons (Fsp3) is 0.375. The number of Topliss-reactive ketones (excluding diaryl/α,β-unsaturated/α-hetero) is 2. The van der Waals surface area contributed by atoms with Crippen molar-refractivity contribution in [3.63, 3.8) is 0 Å². The highest BCUT2D eigenvalue weighted by atomic mass is 19.1. The number of carboxylic acids is 1. The van der Waals surface area contributed by atoms with Crippen LogP contribution in [0.4, 0.5) is 4.39 Å². The number of carboxylic acid groups (broad SMARTS) is 1. The summed E-state index contributed by atoms with van der Waals surface area (Å²) in [5.41, 5.74) is 0.927. The van der Waals surface area contributed by atoms with E-state index in [1.807, 2.05) is 6.92 Å². The zero-order valence-corrected chi connectivity index (χ0v) is 18.2. The molecule has 0 aliphatic heterocycles. The van der Waals surface area contributed by atoms with Crippen molar-refractivity contribution >= 4 is 17.5 Å². The van der Waals surface area contributed by atoms with Crippen LogP contribution in [0.2, 0.25) is 0 Å². The van der Waals surface area contributed by atoms with Gasteiger partial charge in [0, 0.05) is 24.0 Å². The predicted molar refractivity (Wildman–Crippen MR) is 115 cm³/mol. The summed E-state index contributed by atoms with van der Waals surface area (Å²) in [6.07, 6.45) is 1.24. The molecule has 172 valence electrons. The van der Waals surface area contributed by atoms with Crippen molar-refractivity contribution in [1.29, 1.82) is 0 Å². The molecule has 0 spiro atoms. The maximum Gasteiger partial charge on any atom is 0.303 e. The maximum absolute atomic E-state index is 14.2. The SMILES string of the molecule is CCCc1c(OCCCOc2ccc(C(=O)CCC(=O)O)cc2F)ccc(C(C)=O)c1O. The van der Waals surface area contributed by atoms with Crippen LogP contribution >= 0.6 is 0 Å². The first-order valence-electron chi connectivity index (χ1n) is 10.4. The van der Waals surface area contributed by atoms with Gasteiger partial charge in [-0.2, -0.15) is 0 Å². The second-order valence-corrected chi connectivity index (χ2v) is 7.26. The summed E-state index contributed by atoms with van der Waals surface area (Å²) in [6, 6.07) is 6.95. The highest BCUT2D eigenvalue weighted by Gasteiger charge is 2.16. The standard InChI is InChI=1S/C24H27FO7/c1-3-5-18-21(10-7-17(15(2)26)24(18)30)31-12-4-13-32-22-9-6-16(14-19(22)25)20(27)8-11-23(28)29/h6-7,9-10,14,30H,3-5,8,11-13H2,1-2H3,(H,28,29). The van der Waals surface area contributed by atoms with Gasteiger partial charge in [-0.25, -0.2) is 4.39 Å². The lowest BCUT2D eigenvalue weighted by atomic mass is 10.0. The molecule has 0 radical (unpaired) electrons. The third-order valence-electron chi connectivity index (χ3n) is 4.74. The van der Waals surface area contributed by atoms with Crippen LogP contribution in [0.1, 0.15) is 65.8 Å². The van der Waals surface area contributed by atoms with Crippen LogP contribution in [0.15, 0.2) is 30.3 Å². The van der Waals surface area contributed by atoms with Crippen molar-refractivity contribution in [2.45, 2.75) is 46.0 Å². The number of ether oxygens (including phenoxy) is 2. The summed E-state index contributed by atoms with van der Waals surface area (Å²) >= 11 is 0. The molecule has 32 heavy (non-hydrogen) atoms. The molecule has 0 aromatic heterocycles. The van der Waals surface area contributed by atoms with Gasteiger partial charge in [-0.15, -0.1) is 0 Å². The summed E-state index contributed by atoms with van der Waals surface area (Å²) in [5, 5.41) is 19.0. The quantitative estimate of drug-likeness (QED) is 0.342. The van der Waals surface area contributed by atoms with Gasteiger partial charge in [0.15, 0.2) is 23.1 Å². The fourth-order valence-corrected chi connectivity index (χ4v) is 3.11. The van der Waals surface area contributed by atoms with Crippen LogP contribution in [-0.2, 0) is 11.2 Å². The highest BCUT2D eigenvalue weighted by Crippen LogP contribution is 2.33. The molecule has 0 aliphatic carbocycles. The molecule has 0 heterocycles. The Morgan fingerprint density at radius 3 is 2.25 bits per heavy atom. The van der Waals surface area contributed by atoms with Crippen LogP contribution in [0.3, 0.4) is 0 Å². The third-order valence-corrected chi connectivity index (χ3v) is 4.74. The van der Waals surface area contributed by atoms with E-state index >= 15 is 0 Å². The molecule has 7 nitrogen and oxygen atoms in total. The van der Waals surface area contributed by atoms with E-state index in [0.717, 1.165) is 12.5 Å². The van der Waals surface area contributed by atoms with E-state index in [1.54, 1.807) is 6.07 Å². The molecule has 2 rings (SSSR count). The smallest absolute Gasteiger partial charge is 0.303 e. The number of carbonyl (C=O) groups excluding carboxylic acids is 2. The first kappa shape index (κ1) is 24.8. The molecule has 0 saturated heterocycles. The number of benzene rings is 2. The summed E-state index contributed by atoms with van der Waals surface area (Å²) in [6.45, 7) is 3.75. The normalized spacial score (nSPS) is 10.6. The molecule has 0 saturated carbocycles. The van der Waals surface area contributed by atoms with Gasteiger partial charge in [-0.1, -0.05) is 13.3 Å². The lowest BCUT2D eigenvalue weighted by Gasteiger charge is -2.15. The largest absolute Gasteiger partial charge is 0.507 e. The fourth-order valence-electron chi connectivity index (χ4n) is 3.11. The van der Waals surface area contributed by atoms with Crippen LogP contribution in [0, 0.1) is 5.82 Å². The Bertz CT molecular complexity index is 985. The zero-order valence-electron chi connectivity index (χ0n) is 18.2. The van der Waals surface area contributed by atoms with Crippen LogP contribution in [-0.4, -0.2) is 41.0 Å². The number of aromatic hydroxyl groups is 1. The monoisotopic (exact) mass is 446 g/mol. The Hall–Kier alpha value is -3.42. The number of ketones is 2. The number of hydrogen-bond acceptors (Lipinski definition) is 6. The van der Waals surface area contributed by atoms with E-state index in [0.29, 0.717) is 24.2 Å². The van der Waals surface area contributed by atoms with Gasteiger partial charge in [0.2, 0.25) is 0 Å². The van der Waals surface area contributed by atoms with Crippen LogP contribution in [0.5, 0.6) is 17.2 Å². The van der Waals surface area contributed by atoms with Gasteiger partial charge in [-0.05, 0) is 43.7 Å². The van der Waals surface area contributed by atoms with Gasteiger partial charge in [0.05, 0.1) is 25.2 Å². The molecule has 0 aliphatic rings. The van der Waals surface area contributed by atoms with Crippen molar-refractivity contribution in [2.75, 3.05) is 13.2 Å². The van der Waals surface area contributed by atoms with E-state index in [2.05, 4.69) is 0 Å². The molecular weight excluding hydrogens is 419 g/mol. The average molecular weight is 446 g/mol. The van der Waals surface area contributed by atoms with Crippen molar-refractivity contribution in [3.8, 4) is 17.2 Å². The van der Waals surface area contributed by atoms with Crippen LogP contribution < -0.4 is 9.47 Å².